The van der Waals surface area contributed by atoms with Gasteiger partial charge in [0, 0.05) is 12.8 Å². The van der Waals surface area contributed by atoms with Crippen molar-refractivity contribution in [2.45, 2.75) is 20.3 Å². The first-order valence-electron chi connectivity index (χ1n) is 4.61. The first kappa shape index (κ1) is 15.4. The zero-order chi connectivity index (χ0) is 12.1. The van der Waals surface area contributed by atoms with Crippen molar-refractivity contribution >= 4 is 28.1 Å². The average Bonchev–Trinajstić information content (AvgIpc) is 2.12. The molecule has 0 heterocycles. The molecule has 0 spiro atoms. The minimum absolute atomic E-state index is 0.230. The summed E-state index contributed by atoms with van der Waals surface area (Å²) in [6.07, 6.45) is 1.84. The lowest BCUT2D eigenvalue weighted by Crippen LogP contribution is -2.22. The van der Waals surface area contributed by atoms with Gasteiger partial charge in [0.15, 0.2) is 0 Å². The van der Waals surface area contributed by atoms with Crippen LogP contribution >= 0.6 is 18.1 Å². The molecule has 92 valence electrons. The Labute approximate surface area is 95.9 Å². The Morgan fingerprint density at radius 1 is 1.40 bits per heavy atom. The third kappa shape index (κ3) is 4.87. The van der Waals surface area contributed by atoms with Gasteiger partial charge in [-0.05, 0) is 13.3 Å². The van der Waals surface area contributed by atoms with Crippen LogP contribution in [0.15, 0.2) is 0 Å². The normalized spacial score (nSPS) is 16.6. The van der Waals surface area contributed by atoms with Gasteiger partial charge in [-0.3, -0.25) is 4.57 Å². The fourth-order valence-corrected chi connectivity index (χ4v) is 7.27. The van der Waals surface area contributed by atoms with E-state index in [0.29, 0.717) is 5.75 Å². The second-order valence-electron chi connectivity index (χ2n) is 2.92. The van der Waals surface area contributed by atoms with E-state index >= 15 is 0 Å². The summed E-state index contributed by atoms with van der Waals surface area (Å²) in [5.41, 5.74) is 0. The van der Waals surface area contributed by atoms with Crippen LogP contribution in [-0.2, 0) is 19.1 Å². The van der Waals surface area contributed by atoms with Crippen LogP contribution in [0.4, 0.5) is 0 Å². The van der Waals surface area contributed by atoms with Gasteiger partial charge in [-0.2, -0.15) is 0 Å². The summed E-state index contributed by atoms with van der Waals surface area (Å²) in [7, 11) is -2.20. The Morgan fingerprint density at radius 2 is 1.93 bits per heavy atom. The molecule has 0 N–H and O–H groups in total. The Bertz CT molecular complexity index is 330. The van der Waals surface area contributed by atoms with E-state index in [9.17, 15) is 13.0 Å². The van der Waals surface area contributed by atoms with Crippen LogP contribution in [0.5, 0.6) is 0 Å². The number of hydrogen-bond acceptors (Lipinski definition) is 5. The predicted octanol–water partition coefficient (Wildman–Crippen LogP) is 2.17. The fourth-order valence-electron chi connectivity index (χ4n) is 0.751. The first-order valence-corrected chi connectivity index (χ1v) is 9.63. The Kier molecular flexibility index (Phi) is 6.44. The summed E-state index contributed by atoms with van der Waals surface area (Å²) in [5.74, 6) is 0.608. The van der Waals surface area contributed by atoms with Gasteiger partial charge in [0.2, 0.25) is 10.0 Å². The zero-order valence-electron chi connectivity index (χ0n) is 9.47. The van der Waals surface area contributed by atoms with Crippen molar-refractivity contribution in [2.24, 2.45) is 0 Å². The van der Waals surface area contributed by atoms with E-state index in [1.165, 1.54) is 7.05 Å². The molecule has 0 aromatic heterocycles. The third-order valence-electron chi connectivity index (χ3n) is 1.58. The molecule has 0 saturated heterocycles. The molecule has 1 unspecified atom stereocenters. The van der Waals surface area contributed by atoms with E-state index in [-0.39, 0.29) is 6.61 Å². The topological polar surface area (TPSA) is 63.7 Å². The van der Waals surface area contributed by atoms with E-state index in [1.807, 2.05) is 6.92 Å². The second kappa shape index (κ2) is 6.25. The molecule has 15 heavy (non-hydrogen) atoms. The van der Waals surface area contributed by atoms with E-state index in [4.69, 9.17) is 4.52 Å². The van der Waals surface area contributed by atoms with Gasteiger partial charge < -0.3 is 4.52 Å². The Hall–Kier alpha value is 0.450. The van der Waals surface area contributed by atoms with Crippen LogP contribution in [0.1, 0.15) is 20.3 Å². The van der Waals surface area contributed by atoms with Gasteiger partial charge in [-0.15, -0.1) is 4.08 Å². The Balaban J connectivity index is 4.86. The summed E-state index contributed by atoms with van der Waals surface area (Å²) in [4.78, 5) is 0. The molecule has 0 fully saturated rings. The smallest absolute Gasteiger partial charge is 0.309 e. The van der Waals surface area contributed by atoms with Crippen molar-refractivity contribution in [1.29, 1.82) is 0 Å². The molecule has 5 nitrogen and oxygen atoms in total. The van der Waals surface area contributed by atoms with E-state index < -0.39 is 16.7 Å². The first-order chi connectivity index (χ1) is 6.78. The average molecular weight is 275 g/mol. The molecule has 1 atom stereocenters. The maximum absolute atomic E-state index is 12.2. The molecule has 0 aromatic rings. The molecule has 0 aliphatic rings. The summed E-state index contributed by atoms with van der Waals surface area (Å²) in [6.45, 7) is 0.568. The SMILES string of the molecule is CCCSP(=O)(OCC)N(C)S(C)(=O)=O. The number of hydrogen-bond donors (Lipinski definition) is 0. The number of sulfonamides is 1. The highest BCUT2D eigenvalue weighted by Crippen LogP contribution is 2.62. The quantitative estimate of drug-likeness (QED) is 0.666. The van der Waals surface area contributed by atoms with Gasteiger partial charge in [0.25, 0.3) is 0 Å². The largest absolute Gasteiger partial charge is 0.342 e. The molecule has 0 aliphatic carbocycles. The minimum Gasteiger partial charge on any atom is -0.309 e. The van der Waals surface area contributed by atoms with E-state index in [2.05, 4.69) is 0 Å². The molecule has 0 aromatic carbocycles. The lowest BCUT2D eigenvalue weighted by molar-refractivity contribution is 0.325. The monoisotopic (exact) mass is 275 g/mol. The van der Waals surface area contributed by atoms with Crippen molar-refractivity contribution < 1.29 is 17.5 Å². The van der Waals surface area contributed by atoms with Gasteiger partial charge in [0.05, 0.1) is 12.9 Å². The van der Waals surface area contributed by atoms with Crippen molar-refractivity contribution in [2.75, 3.05) is 25.7 Å². The van der Waals surface area contributed by atoms with Crippen molar-refractivity contribution in [3.63, 3.8) is 0 Å². The van der Waals surface area contributed by atoms with E-state index in [1.54, 1.807) is 6.92 Å². The van der Waals surface area contributed by atoms with Gasteiger partial charge >= 0.3 is 6.72 Å². The highest BCUT2D eigenvalue weighted by atomic mass is 32.7. The molecular formula is C7H18NO4PS2. The maximum atomic E-state index is 12.2. The highest BCUT2D eigenvalue weighted by Gasteiger charge is 2.35. The molecule has 0 rings (SSSR count). The van der Waals surface area contributed by atoms with Crippen molar-refractivity contribution in [3.05, 3.63) is 0 Å². The maximum Gasteiger partial charge on any atom is 0.342 e. The van der Waals surface area contributed by atoms with Gasteiger partial charge in [-0.1, -0.05) is 18.3 Å². The van der Waals surface area contributed by atoms with Crippen LogP contribution in [0.3, 0.4) is 0 Å². The predicted molar refractivity (Wildman–Crippen MR) is 64.6 cm³/mol. The summed E-state index contributed by atoms with van der Waals surface area (Å²) < 4.78 is 40.7. The lowest BCUT2D eigenvalue weighted by Gasteiger charge is -2.24. The lowest BCUT2D eigenvalue weighted by atomic mass is 10.6. The summed E-state index contributed by atoms with van der Waals surface area (Å²) in [6, 6.07) is 0. The molecule has 0 radical (unpaired) electrons. The molecule has 0 amide bonds. The molecule has 0 aliphatic heterocycles. The van der Waals surface area contributed by atoms with Crippen molar-refractivity contribution in [1.82, 2.24) is 4.08 Å². The molecular weight excluding hydrogens is 257 g/mol. The summed E-state index contributed by atoms with van der Waals surface area (Å²) >= 11 is 1.06. The minimum atomic E-state index is -3.49. The van der Waals surface area contributed by atoms with Crippen LogP contribution in [-0.4, -0.2) is 38.2 Å². The van der Waals surface area contributed by atoms with Gasteiger partial charge in [-0.25, -0.2) is 8.42 Å². The molecule has 8 heteroatoms. The molecule has 0 bridgehead atoms. The molecule has 0 saturated carbocycles. The second-order valence-corrected chi connectivity index (χ2v) is 9.82. The van der Waals surface area contributed by atoms with Crippen LogP contribution < -0.4 is 0 Å². The third-order valence-corrected chi connectivity index (χ3v) is 9.15. The Morgan fingerprint density at radius 3 is 2.27 bits per heavy atom. The van der Waals surface area contributed by atoms with Crippen LogP contribution in [0.2, 0.25) is 0 Å². The number of nitrogens with zero attached hydrogens (tertiary/aromatic N) is 1. The van der Waals surface area contributed by atoms with Gasteiger partial charge in [0.1, 0.15) is 0 Å². The van der Waals surface area contributed by atoms with Crippen LogP contribution in [0, 0.1) is 0 Å². The number of rotatable bonds is 7. The van der Waals surface area contributed by atoms with Crippen molar-refractivity contribution in [3.8, 4) is 0 Å². The zero-order valence-corrected chi connectivity index (χ0v) is 12.0. The highest BCUT2D eigenvalue weighted by molar-refractivity contribution is 8.56. The standard InChI is InChI=1S/C7H18NO4PS2/c1-5-7-14-13(9,12-6-2)8(3)15(4,10)11/h5-7H2,1-4H3. The fraction of sp³-hybridized carbons (Fsp3) is 1.00. The van der Waals surface area contributed by atoms with E-state index in [0.717, 1.165) is 28.1 Å². The summed E-state index contributed by atoms with van der Waals surface area (Å²) in [5, 5.41) is 0. The van der Waals surface area contributed by atoms with Crippen LogP contribution in [0.25, 0.3) is 0 Å².